The van der Waals surface area contributed by atoms with E-state index in [0.717, 1.165) is 21.4 Å². The number of hydrogen-bond acceptors (Lipinski definition) is 1. The van der Waals surface area contributed by atoms with Gasteiger partial charge in [-0.1, -0.05) is 58.4 Å². The van der Waals surface area contributed by atoms with Crippen LogP contribution in [0.15, 0.2) is 18.2 Å². The van der Waals surface area contributed by atoms with Gasteiger partial charge < -0.3 is 0 Å². The van der Waals surface area contributed by atoms with Crippen molar-refractivity contribution >= 4 is 55.9 Å². The Hall–Kier alpha value is 0.627. The van der Waals surface area contributed by atoms with Gasteiger partial charge in [0.25, 0.3) is 0 Å². The molecule has 0 fully saturated rings. The standard InChI is InChI=1S/C12H16ClPS.Li/c1-8(2)7-14-12(15)11-9(3)5-4-6-10(11)13;/h4-6,8,14H,7H2,1-3H3;. The summed E-state index contributed by atoms with van der Waals surface area (Å²) in [5, 5.41) is 0.788. The van der Waals surface area contributed by atoms with E-state index in [1.807, 2.05) is 12.1 Å². The van der Waals surface area contributed by atoms with Crippen molar-refractivity contribution in [2.45, 2.75) is 20.8 Å². The molecule has 1 unspecified atom stereocenters. The summed E-state index contributed by atoms with van der Waals surface area (Å²) in [6.45, 7) is 6.50. The summed E-state index contributed by atoms with van der Waals surface area (Å²) in [5.41, 5.74) is 2.26. The van der Waals surface area contributed by atoms with Crippen molar-refractivity contribution in [2.24, 2.45) is 5.92 Å². The molecule has 0 aromatic heterocycles. The molecule has 0 amide bonds. The van der Waals surface area contributed by atoms with Crippen molar-refractivity contribution < 1.29 is 0 Å². The van der Waals surface area contributed by atoms with E-state index in [1.54, 1.807) is 0 Å². The molecule has 0 bridgehead atoms. The van der Waals surface area contributed by atoms with Gasteiger partial charge in [-0.25, -0.2) is 0 Å². The van der Waals surface area contributed by atoms with Crippen molar-refractivity contribution in [1.82, 2.24) is 0 Å². The van der Waals surface area contributed by atoms with Crippen LogP contribution in [0.5, 0.6) is 0 Å². The van der Waals surface area contributed by atoms with Gasteiger partial charge in [0.05, 0.1) is 0 Å². The van der Waals surface area contributed by atoms with Gasteiger partial charge in [-0.3, -0.25) is 0 Å². The Morgan fingerprint density at radius 3 is 2.56 bits per heavy atom. The van der Waals surface area contributed by atoms with Gasteiger partial charge in [0.1, 0.15) is 0 Å². The zero-order chi connectivity index (χ0) is 11.4. The van der Waals surface area contributed by atoms with Crippen LogP contribution in [0.1, 0.15) is 25.0 Å². The minimum atomic E-state index is 0. The summed E-state index contributed by atoms with van der Waals surface area (Å²) in [6, 6.07) is 5.94. The molecule has 1 aromatic rings. The van der Waals surface area contributed by atoms with Crippen LogP contribution < -0.4 is 0 Å². The maximum Gasteiger partial charge on any atom is 0.0495 e. The Morgan fingerprint density at radius 1 is 1.44 bits per heavy atom. The van der Waals surface area contributed by atoms with E-state index in [4.69, 9.17) is 23.8 Å². The third-order valence-electron chi connectivity index (χ3n) is 2.12. The predicted molar refractivity (Wildman–Crippen MR) is 81.7 cm³/mol. The van der Waals surface area contributed by atoms with Gasteiger partial charge in [-0.2, -0.15) is 0 Å². The van der Waals surface area contributed by atoms with E-state index >= 15 is 0 Å². The van der Waals surface area contributed by atoms with Crippen molar-refractivity contribution in [3.8, 4) is 0 Å². The summed E-state index contributed by atoms with van der Waals surface area (Å²) < 4.78 is 1.02. The molecular weight excluding hydrogens is 250 g/mol. The van der Waals surface area contributed by atoms with Crippen molar-refractivity contribution in [3.63, 3.8) is 0 Å². The summed E-state index contributed by atoms with van der Waals surface area (Å²) in [4.78, 5) is 0. The second-order valence-electron chi connectivity index (χ2n) is 4.04. The topological polar surface area (TPSA) is 0 Å². The van der Waals surface area contributed by atoms with Crippen LogP contribution in [0, 0.1) is 12.8 Å². The molecular formula is C12H16ClLiPS. The van der Waals surface area contributed by atoms with E-state index < -0.39 is 0 Å². The third-order valence-corrected chi connectivity index (χ3v) is 4.66. The largest absolute Gasteiger partial charge is 0.0836 e. The first-order chi connectivity index (χ1) is 7.02. The molecule has 0 N–H and O–H groups in total. The van der Waals surface area contributed by atoms with Crippen LogP contribution in [0.2, 0.25) is 5.02 Å². The van der Waals surface area contributed by atoms with Gasteiger partial charge in [0.15, 0.2) is 0 Å². The Bertz CT molecular complexity index is 346. The number of hydrogen-bond donors (Lipinski definition) is 0. The smallest absolute Gasteiger partial charge is 0.0495 e. The molecule has 1 radical (unpaired) electrons. The number of thiocarbonyl (C=S) groups is 1. The van der Waals surface area contributed by atoms with Crippen LogP contribution >= 0.6 is 32.4 Å². The Labute approximate surface area is 122 Å². The van der Waals surface area contributed by atoms with E-state index in [1.165, 1.54) is 5.56 Å². The first kappa shape index (κ1) is 16.6. The molecule has 83 valence electrons. The van der Waals surface area contributed by atoms with E-state index in [0.29, 0.717) is 14.5 Å². The van der Waals surface area contributed by atoms with Gasteiger partial charge >= 0.3 is 0 Å². The second kappa shape index (κ2) is 7.86. The van der Waals surface area contributed by atoms with Crippen LogP contribution in [-0.4, -0.2) is 29.6 Å². The van der Waals surface area contributed by atoms with Crippen molar-refractivity contribution in [3.05, 3.63) is 34.3 Å². The average Bonchev–Trinajstić information content (AvgIpc) is 2.14. The molecule has 16 heavy (non-hydrogen) atoms. The molecule has 0 aliphatic carbocycles. The molecule has 1 atom stereocenters. The summed E-state index contributed by atoms with van der Waals surface area (Å²) in [7, 11) is 0.704. The van der Waals surface area contributed by atoms with E-state index in [9.17, 15) is 0 Å². The number of benzene rings is 1. The fraction of sp³-hybridized carbons (Fsp3) is 0.417. The number of halogens is 1. The third kappa shape index (κ3) is 4.87. The summed E-state index contributed by atoms with van der Waals surface area (Å²) >= 11 is 11.6. The molecule has 0 nitrogen and oxygen atoms in total. The molecule has 1 aromatic carbocycles. The quantitative estimate of drug-likeness (QED) is 0.445. The van der Waals surface area contributed by atoms with Gasteiger partial charge in [-0.05, 0) is 30.6 Å². The average molecular weight is 266 g/mol. The second-order valence-corrected chi connectivity index (χ2v) is 6.48. The summed E-state index contributed by atoms with van der Waals surface area (Å²) in [6.07, 6.45) is 1.16. The van der Waals surface area contributed by atoms with Crippen molar-refractivity contribution in [2.75, 3.05) is 6.16 Å². The number of aryl methyl sites for hydroxylation is 1. The molecule has 1 rings (SSSR count). The molecule has 4 heteroatoms. The molecule has 0 saturated heterocycles. The first-order valence-electron chi connectivity index (χ1n) is 5.05. The van der Waals surface area contributed by atoms with Crippen LogP contribution in [-0.2, 0) is 0 Å². The molecule has 0 spiro atoms. The minimum Gasteiger partial charge on any atom is -0.0836 e. The normalized spacial score (nSPS) is 10.8. The Kier molecular flexibility index (Phi) is 8.17. The monoisotopic (exact) mass is 265 g/mol. The fourth-order valence-corrected chi connectivity index (χ4v) is 3.38. The van der Waals surface area contributed by atoms with Crippen LogP contribution in [0.25, 0.3) is 0 Å². The maximum absolute atomic E-state index is 6.16. The van der Waals surface area contributed by atoms with Crippen LogP contribution in [0.3, 0.4) is 0 Å². The fourth-order valence-electron chi connectivity index (χ4n) is 1.30. The Balaban J connectivity index is 0.00000225. The zero-order valence-electron chi connectivity index (χ0n) is 10.3. The van der Waals surface area contributed by atoms with Gasteiger partial charge in [0, 0.05) is 34.1 Å². The maximum atomic E-state index is 6.16. The van der Waals surface area contributed by atoms with Crippen molar-refractivity contribution in [1.29, 1.82) is 0 Å². The van der Waals surface area contributed by atoms with Gasteiger partial charge in [-0.15, -0.1) is 0 Å². The predicted octanol–water partition coefficient (Wildman–Crippen LogP) is 4.28. The number of rotatable bonds is 4. The van der Waals surface area contributed by atoms with Gasteiger partial charge in [0.2, 0.25) is 0 Å². The van der Waals surface area contributed by atoms with Crippen LogP contribution in [0.4, 0.5) is 0 Å². The minimum absolute atomic E-state index is 0. The SMILES string of the molecule is Cc1cccc(Cl)c1C(=S)PCC(C)C.[Li]. The van der Waals surface area contributed by atoms with E-state index in [2.05, 4.69) is 26.8 Å². The first-order valence-corrected chi connectivity index (χ1v) is 7.05. The molecule has 0 saturated carbocycles. The zero-order valence-corrected chi connectivity index (χ0v) is 12.9. The Morgan fingerprint density at radius 2 is 2.06 bits per heavy atom. The molecule has 0 heterocycles. The molecule has 0 aliphatic rings. The van der Waals surface area contributed by atoms with E-state index in [-0.39, 0.29) is 18.9 Å². The summed E-state index contributed by atoms with van der Waals surface area (Å²) in [5.74, 6) is 0.698. The molecule has 0 aliphatic heterocycles.